The average molecular weight is 193 g/mol. The van der Waals surface area contributed by atoms with Gasteiger partial charge in [0.25, 0.3) is 12.4 Å². The molecule has 0 saturated heterocycles. The fourth-order valence-corrected chi connectivity index (χ4v) is 0.911. The van der Waals surface area contributed by atoms with Crippen LogP contribution >= 0.6 is 0 Å². The van der Waals surface area contributed by atoms with E-state index in [4.69, 9.17) is 0 Å². The molecule has 0 radical (unpaired) electrons. The van der Waals surface area contributed by atoms with Crippen LogP contribution in [0.15, 0.2) is 30.3 Å². The van der Waals surface area contributed by atoms with Crippen molar-refractivity contribution in [2.75, 3.05) is 5.32 Å². The van der Waals surface area contributed by atoms with Crippen LogP contribution in [0.3, 0.4) is 0 Å². The first kappa shape index (κ1) is 10.2. The Morgan fingerprint density at radius 1 is 1.43 bits per heavy atom. The zero-order valence-electron chi connectivity index (χ0n) is 7.77. The summed E-state index contributed by atoms with van der Waals surface area (Å²) in [7, 11) is 0. The summed E-state index contributed by atoms with van der Waals surface area (Å²) in [5.41, 5.74) is 0.679. The summed E-state index contributed by atoms with van der Waals surface area (Å²) in [6, 6.07) is 8.97. The fraction of sp³-hybridized carbons (Fsp3) is 0.200. The highest BCUT2D eigenvalue weighted by atomic mass is 16.5. The van der Waals surface area contributed by atoms with Crippen molar-refractivity contribution in [2.45, 2.75) is 13.0 Å². The zero-order chi connectivity index (χ0) is 10.4. The number of benzene rings is 1. The summed E-state index contributed by atoms with van der Waals surface area (Å²) < 4.78 is 4.48. The standard InChI is InChI=1S/C10H11NO3/c1-8(14-7-12)10(13)11-9-5-3-2-4-6-9/h2-8H,1H3,(H,11,13). The Morgan fingerprint density at radius 3 is 2.64 bits per heavy atom. The van der Waals surface area contributed by atoms with Gasteiger partial charge in [0, 0.05) is 5.69 Å². The van der Waals surface area contributed by atoms with Crippen LogP contribution in [0, 0.1) is 0 Å². The van der Waals surface area contributed by atoms with Crippen molar-refractivity contribution in [1.82, 2.24) is 0 Å². The Kier molecular flexibility index (Phi) is 3.67. The molecule has 0 aliphatic carbocycles. The predicted molar refractivity (Wildman–Crippen MR) is 51.7 cm³/mol. The third-order valence-electron chi connectivity index (χ3n) is 1.67. The molecule has 0 fully saturated rings. The molecule has 1 rings (SSSR count). The highest BCUT2D eigenvalue weighted by Gasteiger charge is 2.12. The number of carbonyl (C=O) groups excluding carboxylic acids is 2. The second-order valence-electron chi connectivity index (χ2n) is 2.73. The maximum Gasteiger partial charge on any atom is 0.293 e. The van der Waals surface area contributed by atoms with E-state index in [0.717, 1.165) is 0 Å². The lowest BCUT2D eigenvalue weighted by molar-refractivity contribution is -0.141. The van der Waals surface area contributed by atoms with Crippen LogP contribution in [0.2, 0.25) is 0 Å². The first-order valence-corrected chi connectivity index (χ1v) is 4.19. The quantitative estimate of drug-likeness (QED) is 0.730. The van der Waals surface area contributed by atoms with Crippen molar-refractivity contribution in [3.63, 3.8) is 0 Å². The highest BCUT2D eigenvalue weighted by molar-refractivity contribution is 5.94. The zero-order valence-corrected chi connectivity index (χ0v) is 7.77. The van der Waals surface area contributed by atoms with E-state index in [1.165, 1.54) is 6.92 Å². The number of carbonyl (C=O) groups is 2. The third kappa shape index (κ3) is 2.90. The van der Waals surface area contributed by atoms with Crippen molar-refractivity contribution in [3.05, 3.63) is 30.3 Å². The molecule has 4 heteroatoms. The molecule has 74 valence electrons. The van der Waals surface area contributed by atoms with Gasteiger partial charge in [0.15, 0.2) is 6.10 Å². The molecule has 0 bridgehead atoms. The third-order valence-corrected chi connectivity index (χ3v) is 1.67. The van der Waals surface area contributed by atoms with Gasteiger partial charge in [-0.05, 0) is 19.1 Å². The molecule has 1 aromatic rings. The van der Waals surface area contributed by atoms with Crippen molar-refractivity contribution < 1.29 is 14.3 Å². The number of amides is 1. The molecule has 0 aliphatic heterocycles. The molecule has 0 heterocycles. The number of para-hydroxylation sites is 1. The lowest BCUT2D eigenvalue weighted by Crippen LogP contribution is -2.27. The van der Waals surface area contributed by atoms with Crippen LogP contribution < -0.4 is 5.32 Å². The number of hydrogen-bond acceptors (Lipinski definition) is 3. The Balaban J connectivity index is 2.53. The van der Waals surface area contributed by atoms with Gasteiger partial charge >= 0.3 is 0 Å². The topological polar surface area (TPSA) is 55.4 Å². The predicted octanol–water partition coefficient (Wildman–Crippen LogP) is 1.19. The molecule has 0 spiro atoms. The molecule has 4 nitrogen and oxygen atoms in total. The summed E-state index contributed by atoms with van der Waals surface area (Å²) in [6.07, 6.45) is -0.771. The molecule has 0 aliphatic rings. The molecular weight excluding hydrogens is 182 g/mol. The molecule has 1 aromatic carbocycles. The van der Waals surface area contributed by atoms with Crippen LogP contribution in [-0.4, -0.2) is 18.5 Å². The first-order valence-electron chi connectivity index (χ1n) is 4.19. The fourth-order valence-electron chi connectivity index (χ4n) is 0.911. The molecular formula is C10H11NO3. The van der Waals surface area contributed by atoms with Crippen molar-refractivity contribution in [2.24, 2.45) is 0 Å². The Hall–Kier alpha value is -1.84. The maximum absolute atomic E-state index is 11.3. The second kappa shape index (κ2) is 5.01. The molecule has 0 aromatic heterocycles. The van der Waals surface area contributed by atoms with E-state index in [1.54, 1.807) is 24.3 Å². The summed E-state index contributed by atoms with van der Waals surface area (Å²) in [6.45, 7) is 1.77. The maximum atomic E-state index is 11.3. The van der Waals surface area contributed by atoms with Crippen LogP contribution in [0.5, 0.6) is 0 Å². The van der Waals surface area contributed by atoms with Crippen LogP contribution in [-0.2, 0) is 14.3 Å². The van der Waals surface area contributed by atoms with E-state index in [0.29, 0.717) is 5.69 Å². The second-order valence-corrected chi connectivity index (χ2v) is 2.73. The van der Waals surface area contributed by atoms with Gasteiger partial charge in [-0.2, -0.15) is 0 Å². The Morgan fingerprint density at radius 2 is 2.07 bits per heavy atom. The van der Waals surface area contributed by atoms with E-state index < -0.39 is 6.10 Å². The number of hydrogen-bond donors (Lipinski definition) is 1. The summed E-state index contributed by atoms with van der Waals surface area (Å²) >= 11 is 0. The monoisotopic (exact) mass is 193 g/mol. The lowest BCUT2D eigenvalue weighted by Gasteiger charge is -2.09. The van der Waals surface area contributed by atoms with Gasteiger partial charge in [0.1, 0.15) is 0 Å². The smallest absolute Gasteiger partial charge is 0.293 e. The van der Waals surface area contributed by atoms with Crippen LogP contribution in [0.1, 0.15) is 6.92 Å². The van der Waals surface area contributed by atoms with Gasteiger partial charge < -0.3 is 10.1 Å². The largest absolute Gasteiger partial charge is 0.455 e. The van der Waals surface area contributed by atoms with Gasteiger partial charge in [-0.15, -0.1) is 0 Å². The highest BCUT2D eigenvalue weighted by Crippen LogP contribution is 2.05. The van der Waals surface area contributed by atoms with Crippen molar-refractivity contribution >= 4 is 18.1 Å². The lowest BCUT2D eigenvalue weighted by atomic mass is 10.3. The van der Waals surface area contributed by atoms with E-state index in [1.807, 2.05) is 6.07 Å². The molecule has 1 atom stereocenters. The molecule has 1 unspecified atom stereocenters. The summed E-state index contributed by atoms with van der Waals surface area (Å²) in [5.74, 6) is -0.344. The molecule has 14 heavy (non-hydrogen) atoms. The van der Waals surface area contributed by atoms with Gasteiger partial charge in [-0.3, -0.25) is 9.59 Å². The van der Waals surface area contributed by atoms with Crippen LogP contribution in [0.4, 0.5) is 5.69 Å². The molecule has 1 amide bonds. The molecule has 0 saturated carbocycles. The van der Waals surface area contributed by atoms with Crippen LogP contribution in [0.25, 0.3) is 0 Å². The van der Waals surface area contributed by atoms with Gasteiger partial charge in [-0.25, -0.2) is 0 Å². The Labute approximate surface area is 81.9 Å². The molecule has 1 N–H and O–H groups in total. The van der Waals surface area contributed by atoms with E-state index in [9.17, 15) is 9.59 Å². The minimum absolute atomic E-state index is 0.259. The van der Waals surface area contributed by atoms with E-state index in [-0.39, 0.29) is 12.4 Å². The first-order chi connectivity index (χ1) is 6.74. The van der Waals surface area contributed by atoms with E-state index >= 15 is 0 Å². The number of rotatable bonds is 4. The van der Waals surface area contributed by atoms with Gasteiger partial charge in [0.05, 0.1) is 0 Å². The van der Waals surface area contributed by atoms with E-state index in [2.05, 4.69) is 10.1 Å². The van der Waals surface area contributed by atoms with Gasteiger partial charge in [-0.1, -0.05) is 18.2 Å². The summed E-state index contributed by atoms with van der Waals surface area (Å²) in [4.78, 5) is 21.3. The van der Waals surface area contributed by atoms with Crippen molar-refractivity contribution in [1.29, 1.82) is 0 Å². The Bertz CT molecular complexity index is 310. The number of nitrogens with one attached hydrogen (secondary N) is 1. The van der Waals surface area contributed by atoms with Gasteiger partial charge in [0.2, 0.25) is 0 Å². The minimum atomic E-state index is -0.771. The minimum Gasteiger partial charge on any atom is -0.455 e. The average Bonchev–Trinajstić information content (AvgIpc) is 2.19. The SMILES string of the molecule is CC(OC=O)C(=O)Nc1ccccc1. The normalized spacial score (nSPS) is 11.5. The number of ether oxygens (including phenoxy) is 1. The summed E-state index contributed by atoms with van der Waals surface area (Å²) in [5, 5.41) is 2.60. The van der Waals surface area contributed by atoms with Crippen molar-refractivity contribution in [3.8, 4) is 0 Å². The number of anilines is 1.